The highest BCUT2D eigenvalue weighted by molar-refractivity contribution is 9.10. The van der Waals surface area contributed by atoms with Gasteiger partial charge in [-0.3, -0.25) is 9.59 Å². The molecule has 3 aromatic rings. The zero-order valence-corrected chi connectivity index (χ0v) is 15.8. The van der Waals surface area contributed by atoms with Gasteiger partial charge >= 0.3 is 0 Å². The first-order valence-corrected chi connectivity index (χ1v) is 8.92. The molecule has 0 aliphatic rings. The minimum absolute atomic E-state index is 0.199. The second-order valence-electron chi connectivity index (χ2n) is 5.50. The number of hydrogen-bond donors (Lipinski definition) is 2. The van der Waals surface area contributed by atoms with Gasteiger partial charge in [-0.05, 0) is 72.8 Å². The monoisotopic (exact) mass is 428 g/mol. The van der Waals surface area contributed by atoms with Crippen molar-refractivity contribution < 1.29 is 9.59 Å². The fourth-order valence-electron chi connectivity index (χ4n) is 2.25. The molecule has 3 aromatic carbocycles. The number of amides is 2. The Kier molecular flexibility index (Phi) is 5.71. The summed E-state index contributed by atoms with van der Waals surface area (Å²) in [6.45, 7) is 0. The van der Waals surface area contributed by atoms with E-state index < -0.39 is 0 Å². The summed E-state index contributed by atoms with van der Waals surface area (Å²) in [5.74, 6) is -0.427. The lowest BCUT2D eigenvalue weighted by Gasteiger charge is -2.08. The van der Waals surface area contributed by atoms with Crippen molar-refractivity contribution in [1.29, 1.82) is 0 Å². The molecule has 2 amide bonds. The van der Waals surface area contributed by atoms with Crippen LogP contribution in [0.25, 0.3) is 0 Å². The van der Waals surface area contributed by atoms with Crippen molar-refractivity contribution in [3.63, 3.8) is 0 Å². The summed E-state index contributed by atoms with van der Waals surface area (Å²) in [4.78, 5) is 24.4. The Balaban J connectivity index is 1.62. The van der Waals surface area contributed by atoms with Crippen LogP contribution in [0.15, 0.2) is 77.3 Å². The first kappa shape index (κ1) is 18.2. The first-order chi connectivity index (χ1) is 12.5. The fourth-order valence-corrected chi connectivity index (χ4v) is 2.64. The van der Waals surface area contributed by atoms with Crippen LogP contribution in [0.3, 0.4) is 0 Å². The Morgan fingerprint density at radius 1 is 0.654 bits per heavy atom. The predicted octanol–water partition coefficient (Wildman–Crippen LogP) is 5.61. The number of carbonyl (C=O) groups excluding carboxylic acids is 2. The molecule has 0 saturated heterocycles. The number of carbonyl (C=O) groups is 2. The van der Waals surface area contributed by atoms with Crippen molar-refractivity contribution in [1.82, 2.24) is 0 Å². The normalized spacial score (nSPS) is 10.2. The largest absolute Gasteiger partial charge is 0.322 e. The second-order valence-corrected chi connectivity index (χ2v) is 6.85. The second kappa shape index (κ2) is 8.17. The van der Waals surface area contributed by atoms with Crippen molar-refractivity contribution in [2.75, 3.05) is 10.6 Å². The van der Waals surface area contributed by atoms with E-state index in [1.54, 1.807) is 60.7 Å². The molecule has 0 aromatic heterocycles. The molecule has 0 unspecified atom stereocenters. The zero-order valence-electron chi connectivity index (χ0n) is 13.5. The van der Waals surface area contributed by atoms with E-state index in [9.17, 15) is 9.59 Å². The van der Waals surface area contributed by atoms with Gasteiger partial charge in [0, 0.05) is 32.0 Å². The van der Waals surface area contributed by atoms with Crippen LogP contribution in [0.4, 0.5) is 11.4 Å². The highest BCUT2D eigenvalue weighted by atomic mass is 79.9. The van der Waals surface area contributed by atoms with E-state index in [4.69, 9.17) is 11.6 Å². The summed E-state index contributed by atoms with van der Waals surface area (Å²) in [5.41, 5.74) is 2.35. The smallest absolute Gasteiger partial charge is 0.255 e. The molecule has 4 nitrogen and oxygen atoms in total. The van der Waals surface area contributed by atoms with Crippen LogP contribution in [0, 0.1) is 0 Å². The molecule has 0 spiro atoms. The Bertz CT molecular complexity index is 845. The maximum absolute atomic E-state index is 12.2. The van der Waals surface area contributed by atoms with E-state index >= 15 is 0 Å². The summed E-state index contributed by atoms with van der Waals surface area (Å²) >= 11 is 9.16. The van der Waals surface area contributed by atoms with Gasteiger partial charge in [0.15, 0.2) is 0 Å². The topological polar surface area (TPSA) is 58.2 Å². The molecule has 0 fully saturated rings. The van der Waals surface area contributed by atoms with E-state index in [1.165, 1.54) is 0 Å². The van der Waals surface area contributed by atoms with E-state index in [0.29, 0.717) is 27.5 Å². The molecular formula is C20H14BrClN2O2. The lowest BCUT2D eigenvalue weighted by molar-refractivity contribution is 0.101. The van der Waals surface area contributed by atoms with Gasteiger partial charge < -0.3 is 10.6 Å². The van der Waals surface area contributed by atoms with Crippen molar-refractivity contribution in [3.05, 3.63) is 93.4 Å². The van der Waals surface area contributed by atoms with E-state index in [1.807, 2.05) is 12.1 Å². The lowest BCUT2D eigenvalue weighted by atomic mass is 10.2. The summed E-state index contributed by atoms with van der Waals surface area (Å²) in [6.07, 6.45) is 0. The van der Waals surface area contributed by atoms with Gasteiger partial charge in [0.1, 0.15) is 0 Å². The summed E-state index contributed by atoms with van der Waals surface area (Å²) in [7, 11) is 0. The van der Waals surface area contributed by atoms with Crippen LogP contribution in [0.1, 0.15) is 20.7 Å². The number of hydrogen-bond acceptors (Lipinski definition) is 2. The maximum atomic E-state index is 12.2. The number of halogens is 2. The molecule has 0 bridgehead atoms. The van der Waals surface area contributed by atoms with Crippen molar-refractivity contribution in [2.24, 2.45) is 0 Å². The molecule has 0 heterocycles. The molecular weight excluding hydrogens is 416 g/mol. The van der Waals surface area contributed by atoms with Gasteiger partial charge in [-0.2, -0.15) is 0 Å². The van der Waals surface area contributed by atoms with Crippen LogP contribution < -0.4 is 10.6 Å². The molecule has 26 heavy (non-hydrogen) atoms. The van der Waals surface area contributed by atoms with E-state index in [2.05, 4.69) is 26.6 Å². The highest BCUT2D eigenvalue weighted by Gasteiger charge is 2.08. The summed E-state index contributed by atoms with van der Waals surface area (Å²) in [5, 5.41) is 6.19. The van der Waals surface area contributed by atoms with Crippen molar-refractivity contribution >= 4 is 50.7 Å². The van der Waals surface area contributed by atoms with Crippen LogP contribution in [0.2, 0.25) is 5.02 Å². The third kappa shape index (κ3) is 4.71. The minimum Gasteiger partial charge on any atom is -0.322 e. The summed E-state index contributed by atoms with van der Waals surface area (Å²) < 4.78 is 0.912. The third-order valence-corrected chi connectivity index (χ3v) is 4.39. The van der Waals surface area contributed by atoms with E-state index in [0.717, 1.165) is 4.47 Å². The predicted molar refractivity (Wildman–Crippen MR) is 108 cm³/mol. The Labute approximate surface area is 164 Å². The zero-order chi connectivity index (χ0) is 18.5. The van der Waals surface area contributed by atoms with Crippen LogP contribution in [0.5, 0.6) is 0 Å². The quantitative estimate of drug-likeness (QED) is 0.566. The molecule has 6 heteroatoms. The summed E-state index contributed by atoms with van der Waals surface area (Å²) in [6, 6.07) is 20.6. The Hall–Kier alpha value is -2.63. The average molecular weight is 430 g/mol. The van der Waals surface area contributed by atoms with Gasteiger partial charge in [-0.1, -0.05) is 27.5 Å². The molecule has 0 saturated carbocycles. The standard InChI is InChI=1S/C20H14BrClN2O2/c21-15-5-1-13(2-6-15)19(25)23-17-9-11-18(12-10-17)24-20(26)14-3-7-16(22)8-4-14/h1-12H,(H,23,25)(H,24,26). The molecule has 3 rings (SSSR count). The molecule has 130 valence electrons. The van der Waals surface area contributed by atoms with Crippen LogP contribution in [-0.2, 0) is 0 Å². The van der Waals surface area contributed by atoms with Gasteiger partial charge in [-0.15, -0.1) is 0 Å². The number of anilines is 2. The van der Waals surface area contributed by atoms with Gasteiger partial charge in [0.25, 0.3) is 11.8 Å². The van der Waals surface area contributed by atoms with E-state index in [-0.39, 0.29) is 11.8 Å². The van der Waals surface area contributed by atoms with Crippen LogP contribution >= 0.6 is 27.5 Å². The maximum Gasteiger partial charge on any atom is 0.255 e. The molecule has 0 radical (unpaired) electrons. The SMILES string of the molecule is O=C(Nc1ccc(NC(=O)c2ccc(Br)cc2)cc1)c1ccc(Cl)cc1. The number of rotatable bonds is 4. The molecule has 0 aliphatic carbocycles. The highest BCUT2D eigenvalue weighted by Crippen LogP contribution is 2.17. The van der Waals surface area contributed by atoms with Crippen molar-refractivity contribution in [3.8, 4) is 0 Å². The molecule has 0 aliphatic heterocycles. The third-order valence-electron chi connectivity index (χ3n) is 3.61. The number of nitrogens with one attached hydrogen (secondary N) is 2. The van der Waals surface area contributed by atoms with Crippen molar-refractivity contribution in [2.45, 2.75) is 0 Å². The number of benzene rings is 3. The molecule has 0 atom stereocenters. The lowest BCUT2D eigenvalue weighted by Crippen LogP contribution is -2.13. The van der Waals surface area contributed by atoms with Gasteiger partial charge in [0.05, 0.1) is 0 Å². The van der Waals surface area contributed by atoms with Gasteiger partial charge in [0.2, 0.25) is 0 Å². The average Bonchev–Trinajstić information content (AvgIpc) is 2.64. The van der Waals surface area contributed by atoms with Crippen LogP contribution in [-0.4, -0.2) is 11.8 Å². The first-order valence-electron chi connectivity index (χ1n) is 7.75. The Morgan fingerprint density at radius 3 is 1.46 bits per heavy atom. The minimum atomic E-state index is -0.228. The van der Waals surface area contributed by atoms with Gasteiger partial charge in [-0.25, -0.2) is 0 Å². The molecule has 2 N–H and O–H groups in total. The Morgan fingerprint density at radius 2 is 1.04 bits per heavy atom. The fraction of sp³-hybridized carbons (Fsp3) is 0.